The molecule has 1 aliphatic carbocycles. The molecule has 0 amide bonds. The van der Waals surface area contributed by atoms with Crippen LogP contribution in [-0.4, -0.2) is 21.2 Å². The lowest BCUT2D eigenvalue weighted by atomic mass is 9.70. The van der Waals surface area contributed by atoms with E-state index < -0.39 is 0 Å². The molecule has 1 aliphatic rings. The summed E-state index contributed by atoms with van der Waals surface area (Å²) in [5.74, 6) is 0.532. The minimum Gasteiger partial charge on any atom is -0.364 e. The highest BCUT2D eigenvalue weighted by atomic mass is 16.6. The average Bonchev–Trinajstić information content (AvgIpc) is 2.60. The first-order valence-electron chi connectivity index (χ1n) is 6.41. The summed E-state index contributed by atoms with van der Waals surface area (Å²) in [6.45, 7) is 4.87. The van der Waals surface area contributed by atoms with Crippen LogP contribution in [0.1, 0.15) is 38.8 Å². The predicted octanol–water partition coefficient (Wildman–Crippen LogP) is 2.49. The van der Waals surface area contributed by atoms with Crippen LogP contribution in [0.25, 0.3) is 0 Å². The van der Waals surface area contributed by atoms with Gasteiger partial charge in [0, 0.05) is 13.6 Å². The highest BCUT2D eigenvalue weighted by Gasteiger charge is 2.33. The second-order valence-corrected chi connectivity index (χ2v) is 5.40. The number of rotatable bonds is 5. The van der Waals surface area contributed by atoms with Crippen molar-refractivity contribution in [2.45, 2.75) is 39.5 Å². The Bertz CT molecular complexity index is 463. The molecule has 18 heavy (non-hydrogen) atoms. The van der Waals surface area contributed by atoms with E-state index in [4.69, 9.17) is 0 Å². The highest BCUT2D eigenvalue weighted by molar-refractivity contribution is 5.59. The van der Waals surface area contributed by atoms with Crippen molar-refractivity contribution in [1.29, 1.82) is 0 Å². The zero-order valence-corrected chi connectivity index (χ0v) is 11.2. The van der Waals surface area contributed by atoms with Crippen molar-refractivity contribution in [1.82, 2.24) is 9.78 Å². The Morgan fingerprint density at radius 3 is 2.67 bits per heavy atom. The Hall–Kier alpha value is -1.59. The normalized spacial score (nSPS) is 17.3. The quantitative estimate of drug-likeness (QED) is 0.645. The topological polar surface area (TPSA) is 73.0 Å². The summed E-state index contributed by atoms with van der Waals surface area (Å²) in [4.78, 5) is 10.8. The molecule has 6 nitrogen and oxygen atoms in total. The van der Waals surface area contributed by atoms with Gasteiger partial charge in [0.2, 0.25) is 5.82 Å². The SMILES string of the molecule is CCc1nn(C)c(NCC2(C)CCC2)c1[N+](=O)[O-]. The fourth-order valence-electron chi connectivity index (χ4n) is 2.45. The summed E-state index contributed by atoms with van der Waals surface area (Å²) >= 11 is 0. The van der Waals surface area contributed by atoms with E-state index in [9.17, 15) is 10.1 Å². The fraction of sp³-hybridized carbons (Fsp3) is 0.750. The second kappa shape index (κ2) is 4.59. The number of nitro groups is 1. The van der Waals surface area contributed by atoms with E-state index in [1.54, 1.807) is 11.7 Å². The molecule has 0 spiro atoms. The van der Waals surface area contributed by atoms with Crippen LogP contribution < -0.4 is 5.32 Å². The molecule has 0 saturated heterocycles. The standard InChI is InChI=1S/C12H20N4O2/c1-4-9-10(16(17)18)11(15(3)14-9)13-8-12(2)6-5-7-12/h13H,4-8H2,1-3H3. The van der Waals surface area contributed by atoms with E-state index in [1.807, 2.05) is 6.92 Å². The summed E-state index contributed by atoms with van der Waals surface area (Å²) in [6, 6.07) is 0. The van der Waals surface area contributed by atoms with Crippen molar-refractivity contribution in [2.24, 2.45) is 12.5 Å². The number of anilines is 1. The first-order chi connectivity index (χ1) is 8.47. The third-order valence-corrected chi connectivity index (χ3v) is 3.85. The number of hydrogen-bond donors (Lipinski definition) is 1. The van der Waals surface area contributed by atoms with Gasteiger partial charge in [-0.2, -0.15) is 5.10 Å². The molecular weight excluding hydrogens is 232 g/mol. The molecule has 1 N–H and O–H groups in total. The zero-order valence-electron chi connectivity index (χ0n) is 11.2. The average molecular weight is 252 g/mol. The predicted molar refractivity (Wildman–Crippen MR) is 69.7 cm³/mol. The molecule has 0 radical (unpaired) electrons. The van der Waals surface area contributed by atoms with E-state index in [0.29, 0.717) is 17.9 Å². The molecule has 1 heterocycles. The van der Waals surface area contributed by atoms with Crippen LogP contribution in [0.2, 0.25) is 0 Å². The molecule has 0 aliphatic heterocycles. The number of hydrogen-bond acceptors (Lipinski definition) is 4. The number of aromatic nitrogens is 2. The molecule has 0 unspecified atom stereocenters. The zero-order chi connectivity index (χ0) is 13.3. The van der Waals surface area contributed by atoms with Gasteiger partial charge in [0.1, 0.15) is 5.69 Å². The van der Waals surface area contributed by atoms with Crippen LogP contribution in [0.15, 0.2) is 0 Å². The second-order valence-electron chi connectivity index (χ2n) is 5.40. The Kier molecular flexibility index (Phi) is 3.28. The molecule has 2 rings (SSSR count). The van der Waals surface area contributed by atoms with E-state index in [2.05, 4.69) is 17.3 Å². The van der Waals surface area contributed by atoms with Crippen molar-refractivity contribution in [3.63, 3.8) is 0 Å². The molecule has 1 fully saturated rings. The van der Waals surface area contributed by atoms with Crippen LogP contribution >= 0.6 is 0 Å². The lowest BCUT2D eigenvalue weighted by molar-refractivity contribution is -0.384. The van der Waals surface area contributed by atoms with Gasteiger partial charge < -0.3 is 5.32 Å². The van der Waals surface area contributed by atoms with Gasteiger partial charge in [0.05, 0.1) is 4.92 Å². The van der Waals surface area contributed by atoms with Gasteiger partial charge in [-0.3, -0.25) is 10.1 Å². The van der Waals surface area contributed by atoms with Gasteiger partial charge >= 0.3 is 5.69 Å². The van der Waals surface area contributed by atoms with Crippen molar-refractivity contribution in [2.75, 3.05) is 11.9 Å². The number of nitrogens with one attached hydrogen (secondary N) is 1. The number of nitrogens with zero attached hydrogens (tertiary/aromatic N) is 3. The van der Waals surface area contributed by atoms with Gasteiger partial charge in [-0.05, 0) is 24.7 Å². The minimum atomic E-state index is -0.336. The summed E-state index contributed by atoms with van der Waals surface area (Å²) in [7, 11) is 1.75. The first kappa shape index (κ1) is 12.9. The molecule has 0 bridgehead atoms. The third-order valence-electron chi connectivity index (χ3n) is 3.85. The van der Waals surface area contributed by atoms with Crippen LogP contribution in [0.5, 0.6) is 0 Å². The molecule has 1 saturated carbocycles. The molecule has 0 aromatic carbocycles. The lowest BCUT2D eigenvalue weighted by Gasteiger charge is -2.38. The minimum absolute atomic E-state index is 0.128. The third kappa shape index (κ3) is 2.19. The van der Waals surface area contributed by atoms with Crippen LogP contribution in [0.3, 0.4) is 0 Å². The Balaban J connectivity index is 2.20. The van der Waals surface area contributed by atoms with E-state index >= 15 is 0 Å². The van der Waals surface area contributed by atoms with E-state index in [-0.39, 0.29) is 16.0 Å². The van der Waals surface area contributed by atoms with Crippen molar-refractivity contribution in [3.05, 3.63) is 15.8 Å². The first-order valence-corrected chi connectivity index (χ1v) is 6.41. The smallest absolute Gasteiger partial charge is 0.333 e. The maximum Gasteiger partial charge on any atom is 0.333 e. The molecule has 0 atom stereocenters. The Labute approximate surface area is 107 Å². The maximum absolute atomic E-state index is 11.1. The van der Waals surface area contributed by atoms with Gasteiger partial charge in [-0.15, -0.1) is 0 Å². The van der Waals surface area contributed by atoms with Crippen LogP contribution in [-0.2, 0) is 13.5 Å². The van der Waals surface area contributed by atoms with Gasteiger partial charge in [0.15, 0.2) is 0 Å². The summed E-state index contributed by atoms with van der Waals surface area (Å²) in [6.07, 6.45) is 4.20. The van der Waals surface area contributed by atoms with E-state index in [1.165, 1.54) is 19.3 Å². The van der Waals surface area contributed by atoms with Gasteiger partial charge in [-0.1, -0.05) is 20.3 Å². The van der Waals surface area contributed by atoms with Crippen LogP contribution in [0.4, 0.5) is 11.5 Å². The molecule has 100 valence electrons. The summed E-state index contributed by atoms with van der Waals surface area (Å²) in [5.41, 5.74) is 0.955. The van der Waals surface area contributed by atoms with Gasteiger partial charge in [-0.25, -0.2) is 4.68 Å². The Morgan fingerprint density at radius 2 is 2.22 bits per heavy atom. The highest BCUT2D eigenvalue weighted by Crippen LogP contribution is 2.41. The summed E-state index contributed by atoms with van der Waals surface area (Å²) < 4.78 is 1.58. The fourth-order valence-corrected chi connectivity index (χ4v) is 2.45. The molecule has 1 aromatic rings. The molecule has 1 aromatic heterocycles. The Morgan fingerprint density at radius 1 is 1.56 bits per heavy atom. The van der Waals surface area contributed by atoms with Gasteiger partial charge in [0.25, 0.3) is 0 Å². The van der Waals surface area contributed by atoms with Crippen molar-refractivity contribution in [3.8, 4) is 0 Å². The van der Waals surface area contributed by atoms with Crippen LogP contribution in [0, 0.1) is 15.5 Å². The monoisotopic (exact) mass is 252 g/mol. The summed E-state index contributed by atoms with van der Waals surface area (Å²) in [5, 5.41) is 18.6. The van der Waals surface area contributed by atoms with Crippen molar-refractivity contribution < 1.29 is 4.92 Å². The molecule has 6 heteroatoms. The maximum atomic E-state index is 11.1. The van der Waals surface area contributed by atoms with E-state index in [0.717, 1.165) is 6.54 Å². The largest absolute Gasteiger partial charge is 0.364 e. The molecular formula is C12H20N4O2. The lowest BCUT2D eigenvalue weighted by Crippen LogP contribution is -2.33. The number of aryl methyl sites for hydroxylation is 2. The van der Waals surface area contributed by atoms with Crippen molar-refractivity contribution >= 4 is 11.5 Å².